The molecule has 154 valence electrons. The van der Waals surface area contributed by atoms with Crippen LogP contribution in [0.5, 0.6) is 0 Å². The summed E-state index contributed by atoms with van der Waals surface area (Å²) in [5.74, 6) is 0.155. The second kappa shape index (κ2) is 8.08. The summed E-state index contributed by atoms with van der Waals surface area (Å²) in [4.78, 5) is 0.188. The molecule has 0 aliphatic carbocycles. The van der Waals surface area contributed by atoms with Crippen LogP contribution in [0, 0.1) is 5.82 Å². The average molecular weight is 418 g/mol. The predicted octanol–water partition coefficient (Wildman–Crippen LogP) is 4.00. The maximum Gasteiger partial charge on any atom is 0.246 e. The summed E-state index contributed by atoms with van der Waals surface area (Å²) in [6, 6.07) is 7.27. The maximum atomic E-state index is 13.3. The van der Waals surface area contributed by atoms with Gasteiger partial charge in [-0.05, 0) is 44.0 Å². The zero-order valence-corrected chi connectivity index (χ0v) is 17.0. The lowest BCUT2D eigenvalue weighted by atomic mass is 10.1. The summed E-state index contributed by atoms with van der Waals surface area (Å²) >= 11 is 0. The molecule has 4 rings (SSSR count). The van der Waals surface area contributed by atoms with E-state index in [9.17, 15) is 12.8 Å². The second-order valence-electron chi connectivity index (χ2n) is 7.14. The summed E-state index contributed by atoms with van der Waals surface area (Å²) < 4.78 is 48.4. The molecular weight excluding hydrogens is 395 g/mol. The molecule has 2 aromatic heterocycles. The number of hydrogen-bond donors (Lipinski definition) is 0. The van der Waals surface area contributed by atoms with Crippen molar-refractivity contribution in [2.24, 2.45) is 0 Å². The summed E-state index contributed by atoms with van der Waals surface area (Å²) in [6.07, 6.45) is 6.28. The van der Waals surface area contributed by atoms with Crippen LogP contribution < -0.4 is 0 Å². The van der Waals surface area contributed by atoms with Crippen molar-refractivity contribution in [1.82, 2.24) is 19.2 Å². The summed E-state index contributed by atoms with van der Waals surface area (Å²) in [5.41, 5.74) is 1.26. The highest BCUT2D eigenvalue weighted by Crippen LogP contribution is 2.35. The molecule has 0 amide bonds. The van der Waals surface area contributed by atoms with E-state index in [0.717, 1.165) is 19.3 Å². The first-order chi connectivity index (χ1) is 14.0. The molecular formula is C20H23FN4O3S. The van der Waals surface area contributed by atoms with E-state index in [1.54, 1.807) is 29.1 Å². The van der Waals surface area contributed by atoms with E-state index in [1.165, 1.54) is 22.6 Å². The van der Waals surface area contributed by atoms with Crippen molar-refractivity contribution >= 4 is 10.0 Å². The lowest BCUT2D eigenvalue weighted by molar-refractivity contribution is 0.308. The lowest BCUT2D eigenvalue weighted by Crippen LogP contribution is -2.34. The quantitative estimate of drug-likeness (QED) is 0.625. The Labute approximate surface area is 169 Å². The Bertz CT molecular complexity index is 1080. The molecule has 9 heteroatoms. The number of halogens is 1. The molecule has 1 aliphatic rings. The van der Waals surface area contributed by atoms with E-state index in [1.807, 2.05) is 6.92 Å². The second-order valence-corrected chi connectivity index (χ2v) is 9.03. The van der Waals surface area contributed by atoms with E-state index >= 15 is 0 Å². The van der Waals surface area contributed by atoms with Gasteiger partial charge in [-0.25, -0.2) is 12.8 Å². The zero-order valence-electron chi connectivity index (χ0n) is 16.2. The number of benzene rings is 1. The standard InChI is InChI=1S/C20H23FN4O3S/c1-2-24-14-17(13-22-24)29(26,27)25-11-5-3-4-6-19(25)18-12-20(28-23-18)15-7-9-16(21)10-8-15/h7-10,12-14,19H,2-6,11H2,1H3/t19-/m0/s1. The van der Waals surface area contributed by atoms with Crippen LogP contribution in [0.15, 0.2) is 52.1 Å². The van der Waals surface area contributed by atoms with Crippen LogP contribution in [-0.2, 0) is 16.6 Å². The first-order valence-electron chi connectivity index (χ1n) is 9.76. The zero-order chi connectivity index (χ0) is 20.4. The van der Waals surface area contributed by atoms with Crippen LogP contribution in [0.3, 0.4) is 0 Å². The largest absolute Gasteiger partial charge is 0.356 e. The van der Waals surface area contributed by atoms with Gasteiger partial charge in [-0.1, -0.05) is 18.0 Å². The van der Waals surface area contributed by atoms with Gasteiger partial charge in [0, 0.05) is 30.9 Å². The van der Waals surface area contributed by atoms with Gasteiger partial charge in [0.25, 0.3) is 0 Å². The molecule has 1 saturated heterocycles. The van der Waals surface area contributed by atoms with Gasteiger partial charge in [0.05, 0.1) is 12.2 Å². The van der Waals surface area contributed by atoms with Gasteiger partial charge in [-0.3, -0.25) is 4.68 Å². The fourth-order valence-corrected chi connectivity index (χ4v) is 5.27. The van der Waals surface area contributed by atoms with Gasteiger partial charge in [0.2, 0.25) is 10.0 Å². The Hall–Kier alpha value is -2.52. The van der Waals surface area contributed by atoms with Gasteiger partial charge in [-0.2, -0.15) is 9.40 Å². The van der Waals surface area contributed by atoms with E-state index in [-0.39, 0.29) is 10.7 Å². The molecule has 7 nitrogen and oxygen atoms in total. The smallest absolute Gasteiger partial charge is 0.246 e. The molecule has 0 unspecified atom stereocenters. The van der Waals surface area contributed by atoms with Crippen LogP contribution in [0.25, 0.3) is 11.3 Å². The number of aromatic nitrogens is 3. The molecule has 1 aromatic carbocycles. The van der Waals surface area contributed by atoms with Crippen LogP contribution in [0.4, 0.5) is 4.39 Å². The van der Waals surface area contributed by atoms with Gasteiger partial charge in [0.1, 0.15) is 16.4 Å². The molecule has 1 atom stereocenters. The maximum absolute atomic E-state index is 13.3. The normalized spacial score (nSPS) is 18.6. The Morgan fingerprint density at radius 1 is 1.21 bits per heavy atom. The monoisotopic (exact) mass is 418 g/mol. The third kappa shape index (κ3) is 3.97. The number of nitrogens with zero attached hydrogens (tertiary/aromatic N) is 4. The van der Waals surface area contributed by atoms with Crippen LogP contribution >= 0.6 is 0 Å². The highest BCUT2D eigenvalue weighted by Gasteiger charge is 2.36. The fraction of sp³-hybridized carbons (Fsp3) is 0.400. The number of sulfonamides is 1. The van der Waals surface area contributed by atoms with Gasteiger partial charge in [0.15, 0.2) is 5.76 Å². The SMILES string of the molecule is CCn1cc(S(=O)(=O)N2CCCCC[C@H]2c2cc(-c3ccc(F)cc3)on2)cn1. The Kier molecular flexibility index (Phi) is 5.51. The Morgan fingerprint density at radius 2 is 2.00 bits per heavy atom. The first-order valence-corrected chi connectivity index (χ1v) is 11.2. The van der Waals surface area contributed by atoms with Crippen molar-refractivity contribution in [2.45, 2.75) is 50.1 Å². The minimum atomic E-state index is -3.71. The molecule has 0 saturated carbocycles. The van der Waals surface area contributed by atoms with Gasteiger partial charge >= 0.3 is 0 Å². The van der Waals surface area contributed by atoms with Crippen LogP contribution in [-0.4, -0.2) is 34.2 Å². The van der Waals surface area contributed by atoms with Gasteiger partial charge < -0.3 is 4.52 Å². The topological polar surface area (TPSA) is 81.2 Å². The minimum absolute atomic E-state index is 0.188. The Balaban J connectivity index is 1.68. The third-order valence-corrected chi connectivity index (χ3v) is 7.10. The van der Waals surface area contributed by atoms with E-state index in [2.05, 4.69) is 10.3 Å². The van der Waals surface area contributed by atoms with Crippen molar-refractivity contribution in [3.8, 4) is 11.3 Å². The van der Waals surface area contributed by atoms with Crippen molar-refractivity contribution in [3.05, 3.63) is 54.2 Å². The number of hydrogen-bond acceptors (Lipinski definition) is 5. The third-order valence-electron chi connectivity index (χ3n) is 5.24. The van der Waals surface area contributed by atoms with E-state index in [4.69, 9.17) is 4.52 Å². The molecule has 3 heterocycles. The average Bonchev–Trinajstić information content (AvgIpc) is 3.33. The fourth-order valence-electron chi connectivity index (χ4n) is 3.65. The number of aryl methyl sites for hydroxylation is 1. The molecule has 3 aromatic rings. The Morgan fingerprint density at radius 3 is 2.72 bits per heavy atom. The van der Waals surface area contributed by atoms with Gasteiger partial charge in [-0.15, -0.1) is 0 Å². The minimum Gasteiger partial charge on any atom is -0.356 e. The summed E-state index contributed by atoms with van der Waals surface area (Å²) in [5, 5.41) is 8.28. The van der Waals surface area contributed by atoms with E-state index in [0.29, 0.717) is 36.5 Å². The molecule has 1 fully saturated rings. The highest BCUT2D eigenvalue weighted by molar-refractivity contribution is 7.89. The van der Waals surface area contributed by atoms with Crippen molar-refractivity contribution in [3.63, 3.8) is 0 Å². The summed E-state index contributed by atoms with van der Waals surface area (Å²) in [7, 11) is -3.71. The summed E-state index contributed by atoms with van der Waals surface area (Å²) in [6.45, 7) is 2.93. The molecule has 1 aliphatic heterocycles. The van der Waals surface area contributed by atoms with Crippen molar-refractivity contribution < 1.29 is 17.3 Å². The molecule has 0 bridgehead atoms. The highest BCUT2D eigenvalue weighted by atomic mass is 32.2. The molecule has 0 radical (unpaired) electrons. The van der Waals surface area contributed by atoms with E-state index < -0.39 is 16.1 Å². The first kappa shape index (κ1) is 19.8. The predicted molar refractivity (Wildman–Crippen MR) is 105 cm³/mol. The molecule has 0 N–H and O–H groups in total. The molecule has 0 spiro atoms. The van der Waals surface area contributed by atoms with Crippen molar-refractivity contribution in [1.29, 1.82) is 0 Å². The number of rotatable bonds is 5. The van der Waals surface area contributed by atoms with Crippen LogP contribution in [0.1, 0.15) is 44.3 Å². The lowest BCUT2D eigenvalue weighted by Gasteiger charge is -2.27. The molecule has 29 heavy (non-hydrogen) atoms. The van der Waals surface area contributed by atoms with Crippen molar-refractivity contribution in [2.75, 3.05) is 6.54 Å². The van der Waals surface area contributed by atoms with Crippen LogP contribution in [0.2, 0.25) is 0 Å².